The SMILES string of the molecule is C=C/C=C(\C=C)CN1C(=O)[C@@H](C)Oc2cc(NC(=O)NC(C)(C)C)c(F)cc21. The first-order chi connectivity index (χ1) is 13.1. The maximum absolute atomic E-state index is 14.6. The summed E-state index contributed by atoms with van der Waals surface area (Å²) in [5.74, 6) is -0.664. The fourth-order valence-corrected chi connectivity index (χ4v) is 2.70. The van der Waals surface area contributed by atoms with Crippen LogP contribution >= 0.6 is 0 Å². The first-order valence-corrected chi connectivity index (χ1v) is 8.90. The Hall–Kier alpha value is -3.09. The van der Waals surface area contributed by atoms with Gasteiger partial charge in [0.25, 0.3) is 5.91 Å². The van der Waals surface area contributed by atoms with E-state index < -0.39 is 23.5 Å². The Bertz CT molecular complexity index is 840. The van der Waals surface area contributed by atoms with Crippen molar-refractivity contribution in [3.8, 4) is 5.75 Å². The molecule has 150 valence electrons. The van der Waals surface area contributed by atoms with E-state index in [4.69, 9.17) is 4.74 Å². The van der Waals surface area contributed by atoms with Crippen molar-refractivity contribution < 1.29 is 18.7 Å². The van der Waals surface area contributed by atoms with Crippen molar-refractivity contribution in [1.29, 1.82) is 0 Å². The predicted molar refractivity (Wildman–Crippen MR) is 109 cm³/mol. The number of carbonyl (C=O) groups excluding carboxylic acids is 2. The van der Waals surface area contributed by atoms with E-state index in [1.807, 2.05) is 20.8 Å². The zero-order valence-corrected chi connectivity index (χ0v) is 16.6. The van der Waals surface area contributed by atoms with Crippen LogP contribution in [-0.2, 0) is 4.79 Å². The molecular formula is C21H26FN3O3. The Morgan fingerprint density at radius 3 is 2.61 bits per heavy atom. The lowest BCUT2D eigenvalue weighted by Gasteiger charge is -2.33. The number of amides is 3. The number of fused-ring (bicyclic) bond motifs is 1. The van der Waals surface area contributed by atoms with E-state index in [1.54, 1.807) is 25.2 Å². The number of urea groups is 1. The molecule has 1 aromatic rings. The molecule has 0 aromatic heterocycles. The van der Waals surface area contributed by atoms with Crippen LogP contribution in [0.3, 0.4) is 0 Å². The van der Waals surface area contributed by atoms with Gasteiger partial charge in [0.1, 0.15) is 11.6 Å². The van der Waals surface area contributed by atoms with E-state index >= 15 is 0 Å². The van der Waals surface area contributed by atoms with Crippen LogP contribution < -0.4 is 20.3 Å². The number of allylic oxidation sites excluding steroid dienone is 2. The van der Waals surface area contributed by atoms with Crippen molar-refractivity contribution in [2.45, 2.75) is 39.3 Å². The highest BCUT2D eigenvalue weighted by Gasteiger charge is 2.33. The van der Waals surface area contributed by atoms with Crippen molar-refractivity contribution >= 4 is 23.3 Å². The lowest BCUT2D eigenvalue weighted by molar-refractivity contribution is -0.125. The van der Waals surface area contributed by atoms with E-state index in [-0.39, 0.29) is 18.1 Å². The van der Waals surface area contributed by atoms with E-state index in [0.29, 0.717) is 11.4 Å². The van der Waals surface area contributed by atoms with Crippen molar-refractivity contribution in [2.75, 3.05) is 16.8 Å². The van der Waals surface area contributed by atoms with Gasteiger partial charge in [0.05, 0.1) is 17.9 Å². The van der Waals surface area contributed by atoms with Gasteiger partial charge in [-0.2, -0.15) is 0 Å². The molecular weight excluding hydrogens is 361 g/mol. The molecule has 1 aliphatic heterocycles. The molecule has 1 aromatic carbocycles. The highest BCUT2D eigenvalue weighted by Crippen LogP contribution is 2.38. The molecule has 0 aliphatic carbocycles. The van der Waals surface area contributed by atoms with Crippen molar-refractivity contribution in [2.24, 2.45) is 0 Å². The number of halogens is 1. The van der Waals surface area contributed by atoms with Gasteiger partial charge in [-0.15, -0.1) is 0 Å². The Balaban J connectivity index is 2.37. The number of nitrogens with zero attached hydrogens (tertiary/aromatic N) is 1. The largest absolute Gasteiger partial charge is 0.479 e. The summed E-state index contributed by atoms with van der Waals surface area (Å²) >= 11 is 0. The van der Waals surface area contributed by atoms with E-state index in [1.165, 1.54) is 17.0 Å². The van der Waals surface area contributed by atoms with Crippen LogP contribution in [0.4, 0.5) is 20.6 Å². The summed E-state index contributed by atoms with van der Waals surface area (Å²) < 4.78 is 20.3. The average Bonchev–Trinajstić information content (AvgIpc) is 2.58. The van der Waals surface area contributed by atoms with Crippen molar-refractivity contribution in [3.63, 3.8) is 0 Å². The second-order valence-electron chi connectivity index (χ2n) is 7.49. The summed E-state index contributed by atoms with van der Waals surface area (Å²) in [6, 6.07) is 2.03. The monoisotopic (exact) mass is 387 g/mol. The molecule has 3 amide bonds. The lowest BCUT2D eigenvalue weighted by atomic mass is 10.1. The summed E-state index contributed by atoms with van der Waals surface area (Å²) in [5, 5.41) is 5.18. The minimum absolute atomic E-state index is 0.0347. The van der Waals surface area contributed by atoms with Gasteiger partial charge in [0.15, 0.2) is 6.10 Å². The summed E-state index contributed by atoms with van der Waals surface area (Å²) in [7, 11) is 0. The molecule has 2 rings (SSSR count). The average molecular weight is 387 g/mol. The maximum atomic E-state index is 14.6. The molecule has 28 heavy (non-hydrogen) atoms. The number of anilines is 2. The topological polar surface area (TPSA) is 70.7 Å². The van der Waals surface area contributed by atoms with Gasteiger partial charge >= 0.3 is 6.03 Å². The van der Waals surface area contributed by atoms with Gasteiger partial charge < -0.3 is 20.3 Å². The Morgan fingerprint density at radius 2 is 2.04 bits per heavy atom. The Morgan fingerprint density at radius 1 is 1.36 bits per heavy atom. The van der Waals surface area contributed by atoms with E-state index in [2.05, 4.69) is 23.8 Å². The molecule has 2 N–H and O–H groups in total. The number of rotatable bonds is 5. The number of carbonyl (C=O) groups is 2. The van der Waals surface area contributed by atoms with Gasteiger partial charge in [-0.3, -0.25) is 4.79 Å². The van der Waals surface area contributed by atoms with Crippen LogP contribution in [0, 0.1) is 5.82 Å². The van der Waals surface area contributed by atoms with Crippen molar-refractivity contribution in [1.82, 2.24) is 5.32 Å². The second-order valence-corrected chi connectivity index (χ2v) is 7.49. The Labute approximate surface area is 164 Å². The molecule has 0 radical (unpaired) electrons. The molecule has 1 atom stereocenters. The highest BCUT2D eigenvalue weighted by molar-refractivity contribution is 6.01. The zero-order chi connectivity index (χ0) is 21.1. The van der Waals surface area contributed by atoms with Crippen molar-refractivity contribution in [3.05, 3.63) is 54.9 Å². The highest BCUT2D eigenvalue weighted by atomic mass is 19.1. The lowest BCUT2D eigenvalue weighted by Crippen LogP contribution is -2.45. The third kappa shape index (κ3) is 5.00. The van der Waals surface area contributed by atoms with Gasteiger partial charge in [0.2, 0.25) is 0 Å². The third-order valence-corrected chi connectivity index (χ3v) is 3.93. The number of benzene rings is 1. The first-order valence-electron chi connectivity index (χ1n) is 8.90. The van der Waals surface area contributed by atoms with Crippen LogP contribution in [0.25, 0.3) is 0 Å². The standard InChI is InChI=1S/C21H26FN3O3/c1-7-9-14(8-2)12-25-17-10-15(22)16(23-20(27)24-21(4,5)6)11-18(17)28-13(3)19(25)26/h7-11,13H,1-2,12H2,3-6H3,(H2,23,24,27)/b14-9+/t13-/m1/s1. The molecule has 1 aliphatic rings. The van der Waals surface area contributed by atoms with Crippen LogP contribution in [0.2, 0.25) is 0 Å². The van der Waals surface area contributed by atoms with Crippen LogP contribution in [-0.4, -0.2) is 30.1 Å². The first kappa shape index (κ1) is 21.2. The number of hydrogen-bond donors (Lipinski definition) is 2. The molecule has 6 nitrogen and oxygen atoms in total. The number of nitrogens with one attached hydrogen (secondary N) is 2. The third-order valence-electron chi connectivity index (χ3n) is 3.93. The molecule has 0 spiro atoms. The molecule has 0 fully saturated rings. The summed E-state index contributed by atoms with van der Waals surface area (Å²) in [6.45, 7) is 14.6. The zero-order valence-electron chi connectivity index (χ0n) is 16.6. The molecule has 0 unspecified atom stereocenters. The van der Waals surface area contributed by atoms with Crippen LogP contribution in [0.5, 0.6) is 5.75 Å². The van der Waals surface area contributed by atoms with Gasteiger partial charge in [-0.05, 0) is 33.3 Å². The van der Waals surface area contributed by atoms with Crippen LogP contribution in [0.15, 0.2) is 49.1 Å². The summed E-state index contributed by atoms with van der Waals surface area (Å²) in [6.07, 6.45) is 4.18. The fraction of sp³-hybridized carbons (Fsp3) is 0.333. The van der Waals surface area contributed by atoms with E-state index in [9.17, 15) is 14.0 Å². The molecule has 0 saturated heterocycles. The smallest absolute Gasteiger partial charge is 0.319 e. The molecule has 7 heteroatoms. The quantitative estimate of drug-likeness (QED) is 0.746. The molecule has 0 saturated carbocycles. The maximum Gasteiger partial charge on any atom is 0.319 e. The minimum atomic E-state index is -0.746. The van der Waals surface area contributed by atoms with Gasteiger partial charge in [-0.25, -0.2) is 9.18 Å². The summed E-state index contributed by atoms with van der Waals surface area (Å²) in [4.78, 5) is 26.1. The number of hydrogen-bond acceptors (Lipinski definition) is 3. The fourth-order valence-electron chi connectivity index (χ4n) is 2.70. The number of ether oxygens (including phenoxy) is 1. The molecule has 0 bridgehead atoms. The molecule has 1 heterocycles. The van der Waals surface area contributed by atoms with Gasteiger partial charge in [0, 0.05) is 17.7 Å². The normalized spacial score (nSPS) is 16.8. The van der Waals surface area contributed by atoms with Gasteiger partial charge in [-0.1, -0.05) is 31.4 Å². The van der Waals surface area contributed by atoms with E-state index in [0.717, 1.165) is 5.57 Å². The minimum Gasteiger partial charge on any atom is -0.479 e. The van der Waals surface area contributed by atoms with Crippen LogP contribution in [0.1, 0.15) is 27.7 Å². The second kappa shape index (κ2) is 8.29. The Kier molecular flexibility index (Phi) is 6.28. The summed E-state index contributed by atoms with van der Waals surface area (Å²) in [5.41, 5.74) is 0.532. The predicted octanol–water partition coefficient (Wildman–Crippen LogP) is 4.16.